The van der Waals surface area contributed by atoms with Gasteiger partial charge in [-0.1, -0.05) is 32.0 Å². The number of hydrogen-bond donors (Lipinski definition) is 1. The van der Waals surface area contributed by atoms with Crippen LogP contribution < -0.4 is 5.73 Å². The maximum Gasteiger partial charge on any atom is 0.0708 e. The van der Waals surface area contributed by atoms with Gasteiger partial charge in [-0.3, -0.25) is 9.88 Å². The van der Waals surface area contributed by atoms with Crippen molar-refractivity contribution < 1.29 is 0 Å². The van der Waals surface area contributed by atoms with E-state index in [-0.39, 0.29) is 5.54 Å². The maximum atomic E-state index is 6.07. The predicted molar refractivity (Wildman–Crippen MR) is 90.3 cm³/mol. The normalized spacial score (nSPS) is 12.3. The standard InChI is InChI=1S/C18H27N3/c1-5-18(6-2,13-19)21(4)12-15-11-14(3)20-17-10-8-7-9-16(15)17/h7-11H,5-6,12-13,19H2,1-4H3. The Labute approximate surface area is 128 Å². The Morgan fingerprint density at radius 3 is 2.48 bits per heavy atom. The highest BCUT2D eigenvalue weighted by molar-refractivity contribution is 5.82. The molecule has 0 amide bonds. The molecule has 2 N–H and O–H groups in total. The first-order valence-corrected chi connectivity index (χ1v) is 7.83. The number of nitrogens with zero attached hydrogens (tertiary/aromatic N) is 2. The van der Waals surface area contributed by atoms with Gasteiger partial charge >= 0.3 is 0 Å². The molecule has 1 aromatic heterocycles. The van der Waals surface area contributed by atoms with Gasteiger partial charge in [0.05, 0.1) is 5.52 Å². The fourth-order valence-corrected chi connectivity index (χ4v) is 3.18. The summed E-state index contributed by atoms with van der Waals surface area (Å²) in [6, 6.07) is 10.6. The molecule has 0 saturated heterocycles. The van der Waals surface area contributed by atoms with Crippen LogP contribution in [0.15, 0.2) is 30.3 Å². The molecular formula is C18H27N3. The van der Waals surface area contributed by atoms with E-state index in [0.717, 1.165) is 30.6 Å². The van der Waals surface area contributed by atoms with Crippen LogP contribution in [0, 0.1) is 6.92 Å². The molecule has 0 bridgehead atoms. The molecule has 1 heterocycles. The Hall–Kier alpha value is -1.45. The van der Waals surface area contributed by atoms with E-state index < -0.39 is 0 Å². The first-order valence-electron chi connectivity index (χ1n) is 7.83. The summed E-state index contributed by atoms with van der Waals surface area (Å²) in [5.74, 6) is 0. The lowest BCUT2D eigenvalue weighted by Crippen LogP contribution is -2.50. The summed E-state index contributed by atoms with van der Waals surface area (Å²) in [5, 5.41) is 1.24. The lowest BCUT2D eigenvalue weighted by atomic mass is 9.90. The van der Waals surface area contributed by atoms with E-state index in [1.807, 2.05) is 6.07 Å². The van der Waals surface area contributed by atoms with Gasteiger partial charge in [0.15, 0.2) is 0 Å². The Morgan fingerprint density at radius 2 is 1.86 bits per heavy atom. The van der Waals surface area contributed by atoms with Crippen LogP contribution in [0.25, 0.3) is 10.9 Å². The third-order valence-corrected chi connectivity index (χ3v) is 4.84. The largest absolute Gasteiger partial charge is 0.329 e. The van der Waals surface area contributed by atoms with Crippen molar-refractivity contribution in [2.24, 2.45) is 5.73 Å². The molecule has 3 heteroatoms. The van der Waals surface area contributed by atoms with Crippen LogP contribution in [-0.4, -0.2) is 29.0 Å². The quantitative estimate of drug-likeness (QED) is 0.883. The van der Waals surface area contributed by atoms with Crippen molar-refractivity contribution in [3.8, 4) is 0 Å². The molecule has 0 aliphatic carbocycles. The predicted octanol–water partition coefficient (Wildman–Crippen LogP) is 3.49. The molecule has 3 nitrogen and oxygen atoms in total. The summed E-state index contributed by atoms with van der Waals surface area (Å²) in [6.45, 7) is 8.11. The lowest BCUT2D eigenvalue weighted by molar-refractivity contribution is 0.108. The number of rotatable bonds is 6. The van der Waals surface area contributed by atoms with Crippen molar-refractivity contribution in [2.75, 3.05) is 13.6 Å². The van der Waals surface area contributed by atoms with Crippen molar-refractivity contribution >= 4 is 10.9 Å². The zero-order chi connectivity index (χ0) is 15.5. The third-order valence-electron chi connectivity index (χ3n) is 4.84. The molecule has 0 spiro atoms. The van der Waals surface area contributed by atoms with Gasteiger partial charge in [0.25, 0.3) is 0 Å². The number of hydrogen-bond acceptors (Lipinski definition) is 3. The number of likely N-dealkylation sites (N-methyl/N-ethyl adjacent to an activating group) is 1. The molecular weight excluding hydrogens is 258 g/mol. The minimum absolute atomic E-state index is 0.0816. The van der Waals surface area contributed by atoms with E-state index in [2.05, 4.69) is 62.0 Å². The highest BCUT2D eigenvalue weighted by Crippen LogP contribution is 2.26. The molecule has 0 fully saturated rings. The number of aromatic nitrogens is 1. The van der Waals surface area contributed by atoms with Gasteiger partial charge in [-0.25, -0.2) is 0 Å². The minimum atomic E-state index is 0.0816. The van der Waals surface area contributed by atoms with Gasteiger partial charge in [-0.15, -0.1) is 0 Å². The Kier molecular flexibility index (Phi) is 4.96. The van der Waals surface area contributed by atoms with Crippen LogP contribution in [0.4, 0.5) is 0 Å². The fourth-order valence-electron chi connectivity index (χ4n) is 3.18. The van der Waals surface area contributed by atoms with Crippen molar-refractivity contribution in [1.29, 1.82) is 0 Å². The average Bonchev–Trinajstić information content (AvgIpc) is 2.49. The first-order chi connectivity index (χ1) is 10.1. The Bertz CT molecular complexity index is 594. The van der Waals surface area contributed by atoms with Crippen LogP contribution in [0.3, 0.4) is 0 Å². The zero-order valence-corrected chi connectivity index (χ0v) is 13.7. The molecule has 0 aliphatic heterocycles. The van der Waals surface area contributed by atoms with E-state index in [1.54, 1.807) is 0 Å². The lowest BCUT2D eigenvalue weighted by Gasteiger charge is -2.40. The van der Waals surface area contributed by atoms with Gasteiger partial charge in [-0.2, -0.15) is 0 Å². The number of aryl methyl sites for hydroxylation is 1. The van der Waals surface area contributed by atoms with E-state index >= 15 is 0 Å². The molecule has 0 radical (unpaired) electrons. The topological polar surface area (TPSA) is 42.1 Å². The minimum Gasteiger partial charge on any atom is -0.329 e. The van der Waals surface area contributed by atoms with E-state index in [1.165, 1.54) is 10.9 Å². The van der Waals surface area contributed by atoms with Gasteiger partial charge in [0.2, 0.25) is 0 Å². The summed E-state index contributed by atoms with van der Waals surface area (Å²) < 4.78 is 0. The van der Waals surface area contributed by atoms with E-state index in [4.69, 9.17) is 5.73 Å². The van der Waals surface area contributed by atoms with Crippen molar-refractivity contribution in [3.05, 3.63) is 41.6 Å². The van der Waals surface area contributed by atoms with Crippen LogP contribution >= 0.6 is 0 Å². The van der Waals surface area contributed by atoms with Gasteiger partial charge in [0.1, 0.15) is 0 Å². The van der Waals surface area contributed by atoms with Crippen molar-refractivity contribution in [2.45, 2.75) is 45.7 Å². The molecule has 2 aromatic rings. The van der Waals surface area contributed by atoms with E-state index in [0.29, 0.717) is 6.54 Å². The van der Waals surface area contributed by atoms with Gasteiger partial charge in [-0.05, 0) is 44.5 Å². The second kappa shape index (κ2) is 6.54. The summed E-state index contributed by atoms with van der Waals surface area (Å²) >= 11 is 0. The number of fused-ring (bicyclic) bond motifs is 1. The monoisotopic (exact) mass is 285 g/mol. The van der Waals surface area contributed by atoms with Crippen LogP contribution in [0.2, 0.25) is 0 Å². The molecule has 0 atom stereocenters. The first kappa shape index (κ1) is 15.9. The van der Waals surface area contributed by atoms with Crippen LogP contribution in [0.1, 0.15) is 37.9 Å². The molecule has 0 saturated carbocycles. The smallest absolute Gasteiger partial charge is 0.0708 e. The highest BCUT2D eigenvalue weighted by Gasteiger charge is 2.29. The Balaban J connectivity index is 2.39. The molecule has 0 aliphatic rings. The zero-order valence-electron chi connectivity index (χ0n) is 13.7. The molecule has 1 aromatic carbocycles. The molecule has 2 rings (SSSR count). The summed E-state index contributed by atoms with van der Waals surface area (Å²) in [4.78, 5) is 7.03. The SMILES string of the molecule is CCC(CC)(CN)N(C)Cc1cc(C)nc2ccccc12. The van der Waals surface area contributed by atoms with Crippen molar-refractivity contribution in [3.63, 3.8) is 0 Å². The van der Waals surface area contributed by atoms with Gasteiger partial charge in [0, 0.05) is 29.7 Å². The summed E-state index contributed by atoms with van der Waals surface area (Å²) in [6.07, 6.45) is 2.14. The highest BCUT2D eigenvalue weighted by atomic mass is 15.2. The van der Waals surface area contributed by atoms with Gasteiger partial charge < -0.3 is 5.73 Å². The number of benzene rings is 1. The third kappa shape index (κ3) is 3.09. The van der Waals surface area contributed by atoms with Crippen LogP contribution in [0.5, 0.6) is 0 Å². The fraction of sp³-hybridized carbons (Fsp3) is 0.500. The second-order valence-corrected chi connectivity index (χ2v) is 5.93. The number of pyridine rings is 1. The number of nitrogens with two attached hydrogens (primary N) is 1. The second-order valence-electron chi connectivity index (χ2n) is 5.93. The molecule has 0 unspecified atom stereocenters. The maximum absolute atomic E-state index is 6.07. The average molecular weight is 285 g/mol. The molecule has 21 heavy (non-hydrogen) atoms. The van der Waals surface area contributed by atoms with Crippen molar-refractivity contribution in [1.82, 2.24) is 9.88 Å². The molecule has 114 valence electrons. The summed E-state index contributed by atoms with van der Waals surface area (Å²) in [7, 11) is 2.18. The van der Waals surface area contributed by atoms with E-state index in [9.17, 15) is 0 Å². The Morgan fingerprint density at radius 1 is 1.19 bits per heavy atom. The summed E-state index contributed by atoms with van der Waals surface area (Å²) in [5.41, 5.74) is 9.64. The number of para-hydroxylation sites is 1. The van der Waals surface area contributed by atoms with Crippen LogP contribution in [-0.2, 0) is 6.54 Å².